The molecular weight excluding hydrogens is 717 g/mol. The maximum absolute atomic E-state index is 8.25. The Hall–Kier alpha value is -3.59. The number of aryl methyl sites for hydroxylation is 1. The first-order valence-electron chi connectivity index (χ1n) is 17.6. The van der Waals surface area contributed by atoms with Crippen molar-refractivity contribution in [2.45, 2.75) is 78.4 Å². The molecule has 227 valence electrons. The molecule has 0 aliphatic heterocycles. The van der Waals surface area contributed by atoms with Crippen LogP contribution in [0.3, 0.4) is 0 Å². The summed E-state index contributed by atoms with van der Waals surface area (Å²) in [4.78, 5) is 9.02. The molecule has 1 aliphatic carbocycles. The van der Waals surface area contributed by atoms with Gasteiger partial charge in [0, 0.05) is 40.7 Å². The van der Waals surface area contributed by atoms with Crippen LogP contribution in [0.15, 0.2) is 83.5 Å². The van der Waals surface area contributed by atoms with Gasteiger partial charge in [0.25, 0.3) is 0 Å². The second-order valence-electron chi connectivity index (χ2n) is 13.4. The summed E-state index contributed by atoms with van der Waals surface area (Å²) in [7, 11) is 0. The molecule has 1 radical (unpaired) electrons. The first kappa shape index (κ1) is 24.7. The van der Waals surface area contributed by atoms with E-state index in [1.54, 1.807) is 0 Å². The summed E-state index contributed by atoms with van der Waals surface area (Å²) in [6.07, 6.45) is 3.15. The first-order chi connectivity index (χ1) is 22.7. The van der Waals surface area contributed by atoms with Crippen molar-refractivity contribution >= 4 is 21.9 Å². The van der Waals surface area contributed by atoms with Gasteiger partial charge in [-0.3, -0.25) is 0 Å². The van der Waals surface area contributed by atoms with Crippen LogP contribution in [-0.2, 0) is 36.4 Å². The number of benzene rings is 3. The van der Waals surface area contributed by atoms with E-state index in [2.05, 4.69) is 74.9 Å². The Balaban J connectivity index is 0.000000241. The minimum atomic E-state index is -2.62. The zero-order valence-electron chi connectivity index (χ0n) is 32.1. The molecule has 7 rings (SSSR count). The predicted octanol–water partition coefficient (Wildman–Crippen LogP) is 10.5. The first-order valence-corrected chi connectivity index (χ1v) is 14.6. The topological polar surface area (TPSA) is 38.9 Å². The molecule has 0 bridgehead atoms. The summed E-state index contributed by atoms with van der Waals surface area (Å²) in [5.74, 6) is 0. The third kappa shape index (κ3) is 5.23. The molecule has 3 aromatic heterocycles. The van der Waals surface area contributed by atoms with Crippen molar-refractivity contribution in [3.8, 4) is 22.5 Å². The monoisotopic (exact) mass is 763 g/mol. The molecule has 3 aromatic carbocycles. The molecule has 4 heteroatoms. The largest absolute Gasteiger partial charge is 0.477 e. The third-order valence-corrected chi connectivity index (χ3v) is 9.22. The molecule has 0 atom stereocenters. The van der Waals surface area contributed by atoms with Crippen LogP contribution in [0.4, 0.5) is 0 Å². The van der Waals surface area contributed by atoms with Gasteiger partial charge in [-0.25, -0.2) is 0 Å². The fourth-order valence-electron chi connectivity index (χ4n) is 5.89. The van der Waals surface area contributed by atoms with Crippen molar-refractivity contribution in [1.82, 2.24) is 9.97 Å². The maximum Gasteiger partial charge on any atom is 0.123 e. The van der Waals surface area contributed by atoms with Crippen LogP contribution in [0, 0.1) is 25.8 Å². The standard InChI is InChI=1S/C25H24NO.C15H16N.Ir/c1-14-13-26-23-18-12-21-17(16-9-7-8-10-20(16)27-21)11-19(18)24(3,4)25(5,6)22(23)15(14)2;1-15(2,3)13-9-10-14(16-11-13)12-7-5-4-6-8-12;/h7-11,13H,1-6H3;4-7,9-11H,1-3H3;/q2*-1;/i1D3,2D3;;. The van der Waals surface area contributed by atoms with E-state index in [0.717, 1.165) is 33.2 Å². The number of aromatic nitrogens is 2. The van der Waals surface area contributed by atoms with Gasteiger partial charge in [0.15, 0.2) is 0 Å². The molecule has 0 saturated carbocycles. The number of para-hydroxylation sites is 1. The van der Waals surface area contributed by atoms with Crippen molar-refractivity contribution in [3.63, 3.8) is 0 Å². The van der Waals surface area contributed by atoms with E-state index in [9.17, 15) is 0 Å². The summed E-state index contributed by atoms with van der Waals surface area (Å²) >= 11 is 0. The Morgan fingerprint density at radius 3 is 2.27 bits per heavy atom. The van der Waals surface area contributed by atoms with Gasteiger partial charge in [0.2, 0.25) is 0 Å². The van der Waals surface area contributed by atoms with E-state index in [4.69, 9.17) is 12.6 Å². The average Bonchev–Trinajstić information content (AvgIpc) is 3.40. The van der Waals surface area contributed by atoms with Crippen LogP contribution < -0.4 is 0 Å². The molecular formula is C40H40IrN2O-2. The number of furan rings is 1. The van der Waals surface area contributed by atoms with Crippen molar-refractivity contribution in [1.29, 1.82) is 0 Å². The van der Waals surface area contributed by atoms with Crippen LogP contribution in [0.1, 0.15) is 84.5 Å². The van der Waals surface area contributed by atoms with Gasteiger partial charge in [0.1, 0.15) is 5.58 Å². The summed E-state index contributed by atoms with van der Waals surface area (Å²) in [5, 5.41) is 1.92. The quantitative estimate of drug-likeness (QED) is 0.157. The van der Waals surface area contributed by atoms with Gasteiger partial charge in [-0.05, 0) is 63.9 Å². The number of rotatable bonds is 1. The molecule has 0 fully saturated rings. The van der Waals surface area contributed by atoms with Gasteiger partial charge >= 0.3 is 0 Å². The van der Waals surface area contributed by atoms with Gasteiger partial charge in [0.05, 0.1) is 5.58 Å². The molecule has 0 spiro atoms. The van der Waals surface area contributed by atoms with Crippen LogP contribution >= 0.6 is 0 Å². The number of hydrogen-bond donors (Lipinski definition) is 0. The number of pyridine rings is 2. The van der Waals surface area contributed by atoms with Crippen molar-refractivity contribution in [3.05, 3.63) is 119 Å². The van der Waals surface area contributed by atoms with E-state index >= 15 is 0 Å². The molecule has 0 saturated heterocycles. The van der Waals surface area contributed by atoms with Crippen LogP contribution in [-0.4, -0.2) is 9.97 Å². The van der Waals surface area contributed by atoms with Crippen molar-refractivity contribution < 1.29 is 32.7 Å². The molecule has 3 heterocycles. The molecule has 0 unspecified atom stereocenters. The fourth-order valence-corrected chi connectivity index (χ4v) is 5.89. The second kappa shape index (κ2) is 11.4. The molecule has 0 amide bonds. The van der Waals surface area contributed by atoms with E-state index in [0.29, 0.717) is 22.4 Å². The summed E-state index contributed by atoms with van der Waals surface area (Å²) < 4.78 is 54.7. The molecule has 1 aliphatic rings. The van der Waals surface area contributed by atoms with Crippen LogP contribution in [0.25, 0.3) is 44.5 Å². The Labute approximate surface area is 283 Å². The minimum Gasteiger partial charge on any atom is -0.477 e. The van der Waals surface area contributed by atoms with E-state index in [1.165, 1.54) is 11.8 Å². The average molecular weight is 763 g/mol. The van der Waals surface area contributed by atoms with Gasteiger partial charge in [-0.2, -0.15) is 0 Å². The Bertz CT molecular complexity index is 2180. The van der Waals surface area contributed by atoms with Crippen molar-refractivity contribution in [2.75, 3.05) is 0 Å². The van der Waals surface area contributed by atoms with E-state index in [-0.39, 0.29) is 36.6 Å². The summed E-state index contributed by atoms with van der Waals surface area (Å²) in [6, 6.07) is 28.5. The predicted molar refractivity (Wildman–Crippen MR) is 179 cm³/mol. The smallest absolute Gasteiger partial charge is 0.123 e. The molecule has 6 aromatic rings. The van der Waals surface area contributed by atoms with Gasteiger partial charge < -0.3 is 14.4 Å². The van der Waals surface area contributed by atoms with Gasteiger partial charge in [-0.15, -0.1) is 53.1 Å². The Morgan fingerprint density at radius 1 is 0.841 bits per heavy atom. The summed E-state index contributed by atoms with van der Waals surface area (Å²) in [5.41, 5.74) is 5.65. The van der Waals surface area contributed by atoms with Gasteiger partial charge in [-0.1, -0.05) is 101 Å². The van der Waals surface area contributed by atoms with Crippen LogP contribution in [0.5, 0.6) is 0 Å². The van der Waals surface area contributed by atoms with E-state index in [1.807, 2.05) is 68.6 Å². The zero-order valence-corrected chi connectivity index (χ0v) is 28.5. The number of nitrogens with zero attached hydrogens (tertiary/aromatic N) is 2. The number of hydrogen-bond acceptors (Lipinski definition) is 3. The molecule has 44 heavy (non-hydrogen) atoms. The number of fused-ring (bicyclic) bond motifs is 6. The fraction of sp³-hybridized carbons (Fsp3) is 0.300. The molecule has 0 N–H and O–H groups in total. The van der Waals surface area contributed by atoms with E-state index < -0.39 is 24.5 Å². The Kier molecular flexibility index (Phi) is 6.40. The SMILES string of the molecule is CC(C)(C)c1ccc(-c2[c-]cccc2)nc1.[2H]C([2H])([2H])c1cnc2c(c1C([2H])([2H])[2H])C(C)(C)C(C)(C)c1cc3c([c-]c1-2)oc1ccccc13.[Ir]. The van der Waals surface area contributed by atoms with Crippen LogP contribution in [0.2, 0.25) is 0 Å². The summed E-state index contributed by atoms with van der Waals surface area (Å²) in [6.45, 7) is 9.40. The third-order valence-electron chi connectivity index (χ3n) is 9.22. The normalized spacial score (nSPS) is 17.2. The second-order valence-corrected chi connectivity index (χ2v) is 13.4. The molecule has 3 nitrogen and oxygen atoms in total. The minimum absolute atomic E-state index is 0. The maximum atomic E-state index is 8.25. The van der Waals surface area contributed by atoms with Crippen molar-refractivity contribution in [2.24, 2.45) is 0 Å². The zero-order chi connectivity index (χ0) is 35.7. The Morgan fingerprint density at radius 2 is 1.61 bits per heavy atom.